The summed E-state index contributed by atoms with van der Waals surface area (Å²) in [5.41, 5.74) is 4.60. The minimum atomic E-state index is -0.265. The zero-order valence-electron chi connectivity index (χ0n) is 14.6. The van der Waals surface area contributed by atoms with Crippen LogP contribution in [0.1, 0.15) is 17.5 Å². The Morgan fingerprint density at radius 1 is 1.08 bits per heavy atom. The predicted molar refractivity (Wildman–Crippen MR) is 102 cm³/mol. The monoisotopic (exact) mass is 357 g/mol. The summed E-state index contributed by atoms with van der Waals surface area (Å²) in [6, 6.07) is 16.5. The van der Waals surface area contributed by atoms with Gasteiger partial charge in [0.2, 0.25) is 5.91 Å². The van der Waals surface area contributed by atoms with Crippen LogP contribution in [0.2, 0.25) is 0 Å². The van der Waals surface area contributed by atoms with Crippen LogP contribution in [0.4, 0.5) is 0 Å². The Bertz CT molecular complexity index is 730. The molecule has 0 fully saturated rings. The molecule has 0 radical (unpaired) electrons. The summed E-state index contributed by atoms with van der Waals surface area (Å²) in [7, 11) is 1.36. The van der Waals surface area contributed by atoms with E-state index in [0.29, 0.717) is 18.7 Å². The number of ether oxygens (including phenoxy) is 1. The van der Waals surface area contributed by atoms with Crippen LogP contribution in [0.15, 0.2) is 48.5 Å². The fourth-order valence-corrected chi connectivity index (χ4v) is 3.11. The van der Waals surface area contributed by atoms with Crippen molar-refractivity contribution >= 4 is 23.6 Å². The fourth-order valence-electron chi connectivity index (χ4n) is 2.35. The van der Waals surface area contributed by atoms with Crippen molar-refractivity contribution in [3.63, 3.8) is 0 Å². The van der Waals surface area contributed by atoms with E-state index in [9.17, 15) is 9.59 Å². The van der Waals surface area contributed by atoms with Gasteiger partial charge in [0.25, 0.3) is 0 Å². The molecule has 0 bridgehead atoms. The predicted octanol–water partition coefficient (Wildman–Crippen LogP) is 3.57. The number of hydrogen-bond donors (Lipinski definition) is 1. The van der Waals surface area contributed by atoms with Gasteiger partial charge in [-0.2, -0.15) is 0 Å². The number of thioether (sulfide) groups is 1. The Labute approximate surface area is 153 Å². The highest BCUT2D eigenvalue weighted by atomic mass is 32.2. The largest absolute Gasteiger partial charge is 0.468 e. The van der Waals surface area contributed by atoms with Crippen molar-refractivity contribution in [2.75, 3.05) is 18.6 Å². The molecule has 25 heavy (non-hydrogen) atoms. The lowest BCUT2D eigenvalue weighted by Gasteiger charge is -2.08. The first kappa shape index (κ1) is 19.1. The molecule has 0 saturated heterocycles. The third-order valence-corrected chi connectivity index (χ3v) is 4.62. The van der Waals surface area contributed by atoms with Gasteiger partial charge < -0.3 is 10.1 Å². The molecule has 1 N–H and O–H groups in total. The van der Waals surface area contributed by atoms with Crippen LogP contribution >= 0.6 is 11.8 Å². The molecule has 0 heterocycles. The number of hydrogen-bond acceptors (Lipinski definition) is 4. The molecular weight excluding hydrogens is 334 g/mol. The van der Waals surface area contributed by atoms with Crippen LogP contribution in [0.3, 0.4) is 0 Å². The SMILES string of the molecule is COC(=O)CSCCC(=O)NCc1cccc(-c2cccc(C)c2)c1. The van der Waals surface area contributed by atoms with E-state index in [2.05, 4.69) is 47.3 Å². The van der Waals surface area contributed by atoms with Crippen molar-refractivity contribution in [3.05, 3.63) is 59.7 Å². The molecule has 2 aromatic rings. The highest BCUT2D eigenvalue weighted by Gasteiger charge is 2.05. The number of carbonyl (C=O) groups excluding carboxylic acids is 2. The van der Waals surface area contributed by atoms with Crippen LogP contribution in [0.25, 0.3) is 11.1 Å². The van der Waals surface area contributed by atoms with Gasteiger partial charge in [0.15, 0.2) is 0 Å². The minimum Gasteiger partial charge on any atom is -0.468 e. The number of benzene rings is 2. The maximum Gasteiger partial charge on any atom is 0.315 e. The topological polar surface area (TPSA) is 55.4 Å². The van der Waals surface area contributed by atoms with E-state index in [-0.39, 0.29) is 17.6 Å². The van der Waals surface area contributed by atoms with Gasteiger partial charge in [0.05, 0.1) is 12.9 Å². The third-order valence-electron chi connectivity index (χ3n) is 3.69. The Morgan fingerprint density at radius 2 is 1.80 bits per heavy atom. The van der Waals surface area contributed by atoms with Crippen molar-refractivity contribution < 1.29 is 14.3 Å². The van der Waals surface area contributed by atoms with Gasteiger partial charge in [-0.25, -0.2) is 0 Å². The first-order chi connectivity index (χ1) is 12.1. The van der Waals surface area contributed by atoms with Crippen molar-refractivity contribution in [2.24, 2.45) is 0 Å². The highest BCUT2D eigenvalue weighted by Crippen LogP contribution is 2.21. The number of amides is 1. The lowest BCUT2D eigenvalue weighted by atomic mass is 10.0. The molecule has 0 aliphatic rings. The van der Waals surface area contributed by atoms with Gasteiger partial charge in [-0.05, 0) is 29.7 Å². The quantitative estimate of drug-likeness (QED) is 0.580. The molecule has 0 atom stereocenters. The first-order valence-corrected chi connectivity index (χ1v) is 9.31. The second-order valence-electron chi connectivity index (χ2n) is 5.73. The summed E-state index contributed by atoms with van der Waals surface area (Å²) in [6.07, 6.45) is 0.388. The molecule has 0 aliphatic carbocycles. The van der Waals surface area contributed by atoms with Crippen molar-refractivity contribution in [3.8, 4) is 11.1 Å². The second kappa shape index (κ2) is 9.89. The molecule has 1 amide bonds. The number of rotatable bonds is 8. The molecule has 132 valence electrons. The Kier molecular flexibility index (Phi) is 7.54. The van der Waals surface area contributed by atoms with Gasteiger partial charge in [0.1, 0.15) is 0 Å². The van der Waals surface area contributed by atoms with E-state index in [1.165, 1.54) is 30.0 Å². The first-order valence-electron chi connectivity index (χ1n) is 8.15. The van der Waals surface area contributed by atoms with Crippen molar-refractivity contribution in [2.45, 2.75) is 19.9 Å². The third kappa shape index (κ3) is 6.63. The lowest BCUT2D eigenvalue weighted by Crippen LogP contribution is -2.23. The summed E-state index contributed by atoms with van der Waals surface area (Å²) in [5.74, 6) is 0.601. The number of aryl methyl sites for hydroxylation is 1. The average Bonchev–Trinajstić information content (AvgIpc) is 2.63. The molecule has 0 unspecified atom stereocenters. The molecule has 0 saturated carbocycles. The standard InChI is InChI=1S/C20H23NO3S/c1-15-5-3-7-17(11-15)18-8-4-6-16(12-18)13-21-19(22)9-10-25-14-20(23)24-2/h3-8,11-12H,9-10,13-14H2,1-2H3,(H,21,22). The van der Waals surface area contributed by atoms with Crippen LogP contribution < -0.4 is 5.32 Å². The molecule has 2 aromatic carbocycles. The van der Waals surface area contributed by atoms with E-state index in [1.54, 1.807) is 0 Å². The molecule has 2 rings (SSSR count). The minimum absolute atomic E-state index is 0.0154. The maximum absolute atomic E-state index is 11.9. The fraction of sp³-hybridized carbons (Fsp3) is 0.300. The molecule has 0 aromatic heterocycles. The Balaban J connectivity index is 1.82. The zero-order valence-corrected chi connectivity index (χ0v) is 15.4. The zero-order chi connectivity index (χ0) is 18.1. The van der Waals surface area contributed by atoms with E-state index in [1.807, 2.05) is 18.2 Å². The molecule has 0 aliphatic heterocycles. The average molecular weight is 357 g/mol. The highest BCUT2D eigenvalue weighted by molar-refractivity contribution is 7.99. The van der Waals surface area contributed by atoms with Gasteiger partial charge >= 0.3 is 5.97 Å². The normalized spacial score (nSPS) is 10.3. The van der Waals surface area contributed by atoms with E-state index in [0.717, 1.165) is 11.1 Å². The molecule has 4 nitrogen and oxygen atoms in total. The Morgan fingerprint density at radius 3 is 2.52 bits per heavy atom. The second-order valence-corrected chi connectivity index (χ2v) is 6.83. The summed E-state index contributed by atoms with van der Waals surface area (Å²) < 4.78 is 4.56. The van der Waals surface area contributed by atoms with Crippen molar-refractivity contribution in [1.82, 2.24) is 5.32 Å². The smallest absolute Gasteiger partial charge is 0.315 e. The molecule has 0 spiro atoms. The van der Waals surface area contributed by atoms with E-state index in [4.69, 9.17) is 0 Å². The summed E-state index contributed by atoms with van der Waals surface area (Å²) in [5, 5.41) is 2.92. The van der Waals surface area contributed by atoms with Crippen LogP contribution in [-0.2, 0) is 20.9 Å². The molecular formula is C20H23NO3S. The van der Waals surface area contributed by atoms with Crippen molar-refractivity contribution in [1.29, 1.82) is 0 Å². The van der Waals surface area contributed by atoms with Gasteiger partial charge in [-0.15, -0.1) is 11.8 Å². The van der Waals surface area contributed by atoms with Gasteiger partial charge in [0, 0.05) is 18.7 Å². The van der Waals surface area contributed by atoms with Gasteiger partial charge in [-0.1, -0.05) is 48.0 Å². The van der Waals surface area contributed by atoms with Crippen LogP contribution in [0.5, 0.6) is 0 Å². The lowest BCUT2D eigenvalue weighted by molar-refractivity contribution is -0.137. The number of carbonyl (C=O) groups is 2. The summed E-state index contributed by atoms with van der Waals surface area (Å²) in [6.45, 7) is 2.58. The summed E-state index contributed by atoms with van der Waals surface area (Å²) in [4.78, 5) is 22.9. The van der Waals surface area contributed by atoms with Crippen LogP contribution in [-0.4, -0.2) is 30.5 Å². The number of esters is 1. The Hall–Kier alpha value is -2.27. The summed E-state index contributed by atoms with van der Waals surface area (Å²) >= 11 is 1.40. The number of nitrogens with one attached hydrogen (secondary N) is 1. The molecule has 5 heteroatoms. The van der Waals surface area contributed by atoms with E-state index >= 15 is 0 Å². The van der Waals surface area contributed by atoms with Gasteiger partial charge in [-0.3, -0.25) is 9.59 Å². The van der Waals surface area contributed by atoms with Crippen LogP contribution in [0, 0.1) is 6.92 Å². The maximum atomic E-state index is 11.9. The van der Waals surface area contributed by atoms with E-state index < -0.39 is 0 Å². The number of methoxy groups -OCH3 is 1.